The molecule has 1 saturated heterocycles. The van der Waals surface area contributed by atoms with Crippen LogP contribution in [0.25, 0.3) is 6.08 Å². The summed E-state index contributed by atoms with van der Waals surface area (Å²) in [5.41, 5.74) is 1.45. The summed E-state index contributed by atoms with van der Waals surface area (Å²) < 4.78 is 0.365. The molecule has 1 fully saturated rings. The molecular weight excluding hydrogens is 328 g/mol. The minimum absolute atomic E-state index is 0.116. The minimum Gasteiger partial charge on any atom is -0.507 e. The molecule has 1 heterocycles. The van der Waals surface area contributed by atoms with E-state index in [2.05, 4.69) is 5.10 Å². The third kappa shape index (κ3) is 3.49. The van der Waals surface area contributed by atoms with E-state index in [9.17, 15) is 9.90 Å². The highest BCUT2D eigenvalue weighted by Gasteiger charge is 2.32. The lowest BCUT2D eigenvalue weighted by molar-refractivity contribution is -0.122. The van der Waals surface area contributed by atoms with Crippen molar-refractivity contribution in [3.05, 3.63) is 70.6 Å². The van der Waals surface area contributed by atoms with Crippen LogP contribution in [0.3, 0.4) is 0 Å². The number of thiocarbonyl (C=S) groups is 1. The van der Waals surface area contributed by atoms with Gasteiger partial charge >= 0.3 is 0 Å². The summed E-state index contributed by atoms with van der Waals surface area (Å²) in [4.78, 5) is 12.8. The van der Waals surface area contributed by atoms with Gasteiger partial charge in [0.2, 0.25) is 0 Å². The zero-order valence-electron chi connectivity index (χ0n) is 11.9. The van der Waals surface area contributed by atoms with E-state index in [1.165, 1.54) is 5.01 Å². The zero-order chi connectivity index (χ0) is 16.2. The number of rotatable bonds is 3. The van der Waals surface area contributed by atoms with Crippen molar-refractivity contribution in [2.45, 2.75) is 0 Å². The van der Waals surface area contributed by atoms with Crippen molar-refractivity contribution in [2.24, 2.45) is 5.10 Å². The van der Waals surface area contributed by atoms with Crippen LogP contribution in [-0.4, -0.2) is 26.6 Å². The number of aromatic hydroxyl groups is 1. The normalized spacial score (nSPS) is 16.7. The Hall–Kier alpha value is -2.44. The topological polar surface area (TPSA) is 52.9 Å². The SMILES string of the molecule is O=C1/C(=C\c2ccccc2O)SC(=S)N1/N=C/c1ccccc1. The average molecular weight is 340 g/mol. The van der Waals surface area contributed by atoms with E-state index in [-0.39, 0.29) is 11.7 Å². The molecule has 1 aliphatic heterocycles. The highest BCUT2D eigenvalue weighted by molar-refractivity contribution is 8.26. The molecule has 0 aliphatic carbocycles. The lowest BCUT2D eigenvalue weighted by Crippen LogP contribution is -2.22. The number of thioether (sulfide) groups is 1. The molecule has 2 aromatic carbocycles. The predicted molar refractivity (Wildman–Crippen MR) is 97.2 cm³/mol. The number of hydrazone groups is 1. The molecule has 1 N–H and O–H groups in total. The van der Waals surface area contributed by atoms with Crippen molar-refractivity contribution in [3.63, 3.8) is 0 Å². The molecule has 0 saturated carbocycles. The van der Waals surface area contributed by atoms with Crippen LogP contribution < -0.4 is 0 Å². The van der Waals surface area contributed by atoms with Gasteiger partial charge in [-0.2, -0.15) is 10.1 Å². The van der Waals surface area contributed by atoms with E-state index in [1.807, 2.05) is 30.3 Å². The smallest absolute Gasteiger partial charge is 0.286 e. The summed E-state index contributed by atoms with van der Waals surface area (Å²) in [6.07, 6.45) is 3.21. The van der Waals surface area contributed by atoms with Gasteiger partial charge in [0.15, 0.2) is 4.32 Å². The zero-order valence-corrected chi connectivity index (χ0v) is 13.6. The minimum atomic E-state index is -0.296. The first-order valence-electron chi connectivity index (χ1n) is 6.80. The highest BCUT2D eigenvalue weighted by atomic mass is 32.2. The van der Waals surface area contributed by atoms with Crippen molar-refractivity contribution >= 4 is 46.5 Å². The Morgan fingerprint density at radius 3 is 2.52 bits per heavy atom. The second kappa shape index (κ2) is 6.76. The fraction of sp³-hybridized carbons (Fsp3) is 0. The van der Waals surface area contributed by atoms with Crippen LogP contribution in [0.1, 0.15) is 11.1 Å². The van der Waals surface area contributed by atoms with Gasteiger partial charge < -0.3 is 5.11 Å². The van der Waals surface area contributed by atoms with E-state index >= 15 is 0 Å². The Bertz CT molecular complexity index is 816. The number of carbonyl (C=O) groups excluding carboxylic acids is 1. The van der Waals surface area contributed by atoms with Gasteiger partial charge in [0.25, 0.3) is 5.91 Å². The van der Waals surface area contributed by atoms with E-state index < -0.39 is 0 Å². The Morgan fingerprint density at radius 2 is 1.78 bits per heavy atom. The first-order valence-corrected chi connectivity index (χ1v) is 8.02. The van der Waals surface area contributed by atoms with Gasteiger partial charge in [-0.05, 0) is 29.9 Å². The maximum atomic E-state index is 12.4. The molecule has 1 amide bonds. The molecule has 3 rings (SSSR count). The van der Waals surface area contributed by atoms with Crippen LogP contribution in [-0.2, 0) is 4.79 Å². The van der Waals surface area contributed by atoms with Gasteiger partial charge in [0, 0.05) is 5.56 Å². The Morgan fingerprint density at radius 1 is 1.09 bits per heavy atom. The van der Waals surface area contributed by atoms with Gasteiger partial charge in [-0.15, -0.1) is 0 Å². The lowest BCUT2D eigenvalue weighted by Gasteiger charge is -2.06. The maximum Gasteiger partial charge on any atom is 0.286 e. The third-order valence-electron chi connectivity index (χ3n) is 3.12. The Kier molecular flexibility index (Phi) is 4.55. The first kappa shape index (κ1) is 15.5. The van der Waals surface area contributed by atoms with Crippen molar-refractivity contribution in [1.29, 1.82) is 0 Å². The standard InChI is InChI=1S/C17H12N2O2S2/c20-14-9-5-4-8-13(14)10-15-16(21)19(17(22)23-15)18-11-12-6-2-1-3-7-12/h1-11,20H/b15-10+,18-11+. The number of benzene rings is 2. The second-order valence-corrected chi connectivity index (χ2v) is 6.38. The fourth-order valence-corrected chi connectivity index (χ4v) is 3.14. The highest BCUT2D eigenvalue weighted by Crippen LogP contribution is 2.34. The van der Waals surface area contributed by atoms with Crippen molar-refractivity contribution in [1.82, 2.24) is 5.01 Å². The first-order chi connectivity index (χ1) is 11.1. The van der Waals surface area contributed by atoms with Gasteiger partial charge in [0.05, 0.1) is 11.1 Å². The monoisotopic (exact) mass is 340 g/mol. The van der Waals surface area contributed by atoms with Crippen LogP contribution in [0.15, 0.2) is 64.6 Å². The van der Waals surface area contributed by atoms with Crippen molar-refractivity contribution in [3.8, 4) is 5.75 Å². The van der Waals surface area contributed by atoms with E-state index in [4.69, 9.17) is 12.2 Å². The molecule has 0 radical (unpaired) electrons. The summed E-state index contributed by atoms with van der Waals surface area (Å²) in [6.45, 7) is 0. The average Bonchev–Trinajstić information content (AvgIpc) is 2.82. The summed E-state index contributed by atoms with van der Waals surface area (Å²) in [5, 5.41) is 15.2. The van der Waals surface area contributed by atoms with E-state index in [1.54, 1.807) is 36.6 Å². The van der Waals surface area contributed by atoms with E-state index in [0.29, 0.717) is 14.8 Å². The molecule has 4 nitrogen and oxygen atoms in total. The Labute approximate surface area is 143 Å². The number of hydrogen-bond donors (Lipinski definition) is 1. The molecule has 23 heavy (non-hydrogen) atoms. The number of nitrogens with zero attached hydrogens (tertiary/aromatic N) is 2. The quantitative estimate of drug-likeness (QED) is 0.527. The summed E-state index contributed by atoms with van der Waals surface area (Å²) >= 11 is 6.37. The van der Waals surface area contributed by atoms with Crippen LogP contribution in [0.2, 0.25) is 0 Å². The summed E-state index contributed by atoms with van der Waals surface area (Å²) in [6, 6.07) is 16.3. The van der Waals surface area contributed by atoms with Gasteiger partial charge in [-0.3, -0.25) is 4.79 Å². The third-order valence-corrected chi connectivity index (χ3v) is 4.40. The molecule has 0 aromatic heterocycles. The summed E-state index contributed by atoms with van der Waals surface area (Å²) in [5.74, 6) is -0.180. The molecule has 1 aliphatic rings. The number of carbonyl (C=O) groups is 1. The molecule has 6 heteroatoms. The fourth-order valence-electron chi connectivity index (χ4n) is 1.97. The largest absolute Gasteiger partial charge is 0.507 e. The van der Waals surface area contributed by atoms with Gasteiger partial charge in [-0.1, -0.05) is 60.3 Å². The molecule has 0 atom stereocenters. The van der Waals surface area contributed by atoms with Crippen LogP contribution >= 0.6 is 24.0 Å². The molecule has 2 aromatic rings. The number of phenols is 1. The van der Waals surface area contributed by atoms with Gasteiger partial charge in [-0.25, -0.2) is 0 Å². The number of hydrogen-bond acceptors (Lipinski definition) is 5. The van der Waals surface area contributed by atoms with Gasteiger partial charge in [0.1, 0.15) is 5.75 Å². The second-order valence-electron chi connectivity index (χ2n) is 4.71. The van der Waals surface area contributed by atoms with Crippen molar-refractivity contribution in [2.75, 3.05) is 0 Å². The van der Waals surface area contributed by atoms with Crippen LogP contribution in [0, 0.1) is 0 Å². The molecular formula is C17H12N2O2S2. The summed E-state index contributed by atoms with van der Waals surface area (Å²) in [7, 11) is 0. The van der Waals surface area contributed by atoms with Crippen LogP contribution in [0.5, 0.6) is 5.75 Å². The molecule has 0 spiro atoms. The number of amides is 1. The Balaban J connectivity index is 1.83. The van der Waals surface area contributed by atoms with Crippen LogP contribution in [0.4, 0.5) is 0 Å². The predicted octanol–water partition coefficient (Wildman–Crippen LogP) is 3.63. The van der Waals surface area contributed by atoms with Crippen molar-refractivity contribution < 1.29 is 9.90 Å². The molecule has 0 bridgehead atoms. The molecule has 0 unspecified atom stereocenters. The van der Waals surface area contributed by atoms with E-state index in [0.717, 1.165) is 17.3 Å². The maximum absolute atomic E-state index is 12.4. The lowest BCUT2D eigenvalue weighted by atomic mass is 10.2. The number of para-hydroxylation sites is 1. The number of phenolic OH excluding ortho intramolecular Hbond substituents is 1. The molecule has 114 valence electrons.